The summed E-state index contributed by atoms with van der Waals surface area (Å²) in [5, 5.41) is 6.72. The highest BCUT2D eigenvalue weighted by atomic mass is 16.6. The number of carbonyl (C=O) groups excluding carboxylic acids is 1. The monoisotopic (exact) mass is 301 g/mol. The molecule has 6 heteroatoms. The van der Waals surface area contributed by atoms with Crippen molar-refractivity contribution in [1.29, 1.82) is 0 Å². The maximum absolute atomic E-state index is 12.2. The number of fused-ring (bicyclic) bond motifs is 1. The fourth-order valence-corrected chi connectivity index (χ4v) is 2.27. The molecule has 0 aliphatic carbocycles. The summed E-state index contributed by atoms with van der Waals surface area (Å²) in [6, 6.07) is 5.56. The molecule has 1 aromatic carbocycles. The Kier molecular flexibility index (Phi) is 3.60. The number of benzene rings is 1. The minimum absolute atomic E-state index is 0.0262. The first-order chi connectivity index (χ1) is 10.4. The van der Waals surface area contributed by atoms with Crippen LogP contribution in [0.4, 0.5) is 0 Å². The normalized spacial score (nSPS) is 14.1. The van der Waals surface area contributed by atoms with Gasteiger partial charge in [0.1, 0.15) is 5.82 Å². The van der Waals surface area contributed by atoms with Crippen molar-refractivity contribution in [3.05, 3.63) is 35.4 Å². The van der Waals surface area contributed by atoms with Crippen LogP contribution < -0.4 is 9.47 Å². The van der Waals surface area contributed by atoms with Gasteiger partial charge in [0.05, 0.1) is 6.61 Å². The number of rotatable bonds is 2. The lowest BCUT2D eigenvalue weighted by Crippen LogP contribution is -2.16. The van der Waals surface area contributed by atoms with Gasteiger partial charge in [-0.25, -0.2) is 9.78 Å². The first-order valence-electron chi connectivity index (χ1n) is 7.35. The van der Waals surface area contributed by atoms with Crippen LogP contribution in [0.5, 0.6) is 11.5 Å². The van der Waals surface area contributed by atoms with E-state index in [4.69, 9.17) is 9.47 Å². The molecule has 116 valence electrons. The van der Waals surface area contributed by atoms with Crippen molar-refractivity contribution in [1.82, 2.24) is 15.2 Å². The average Bonchev–Trinajstić information content (AvgIpc) is 2.98. The number of esters is 1. The van der Waals surface area contributed by atoms with Gasteiger partial charge in [0.25, 0.3) is 5.82 Å². The minimum atomic E-state index is -0.589. The molecular formula is C16H19N3O3. The van der Waals surface area contributed by atoms with Crippen molar-refractivity contribution in [2.45, 2.75) is 39.0 Å². The second-order valence-corrected chi connectivity index (χ2v) is 6.34. The lowest BCUT2D eigenvalue weighted by atomic mass is 9.96. The summed E-state index contributed by atoms with van der Waals surface area (Å²) >= 11 is 0. The molecule has 2 aromatic rings. The lowest BCUT2D eigenvalue weighted by Gasteiger charge is -2.19. The van der Waals surface area contributed by atoms with Gasteiger partial charge in [-0.1, -0.05) is 32.9 Å². The van der Waals surface area contributed by atoms with Gasteiger partial charge in [-0.15, -0.1) is 5.10 Å². The maximum Gasteiger partial charge on any atom is 0.383 e. The van der Waals surface area contributed by atoms with E-state index in [1.807, 2.05) is 32.9 Å². The molecule has 6 nitrogen and oxygen atoms in total. The zero-order valence-corrected chi connectivity index (χ0v) is 13.0. The zero-order valence-electron chi connectivity index (χ0n) is 13.0. The highest BCUT2D eigenvalue weighted by molar-refractivity contribution is 5.87. The number of hydrogen-bond acceptors (Lipinski definition) is 5. The van der Waals surface area contributed by atoms with Crippen molar-refractivity contribution in [2.24, 2.45) is 0 Å². The molecule has 0 saturated heterocycles. The number of nitrogens with one attached hydrogen (secondary N) is 1. The van der Waals surface area contributed by atoms with Crippen LogP contribution >= 0.6 is 0 Å². The molecule has 0 bridgehead atoms. The molecule has 1 aliphatic heterocycles. The number of carbonyl (C=O) groups is 1. The Morgan fingerprint density at radius 2 is 2.18 bits per heavy atom. The highest BCUT2D eigenvalue weighted by Crippen LogP contribution is 2.35. The fraction of sp³-hybridized carbons (Fsp3) is 0.438. The Bertz CT molecular complexity index is 701. The molecule has 1 aliphatic rings. The summed E-state index contributed by atoms with van der Waals surface area (Å²) in [6.45, 7) is 6.61. The van der Waals surface area contributed by atoms with Gasteiger partial charge in [0.2, 0.25) is 0 Å². The Hall–Kier alpha value is -2.37. The van der Waals surface area contributed by atoms with Crippen molar-refractivity contribution >= 4 is 5.97 Å². The van der Waals surface area contributed by atoms with E-state index in [0.29, 0.717) is 23.9 Å². The van der Waals surface area contributed by atoms with Gasteiger partial charge in [0, 0.05) is 5.41 Å². The van der Waals surface area contributed by atoms with Crippen molar-refractivity contribution in [2.75, 3.05) is 6.61 Å². The van der Waals surface area contributed by atoms with Crippen LogP contribution in [0.1, 0.15) is 49.2 Å². The number of hydrogen-bond donors (Lipinski definition) is 1. The maximum atomic E-state index is 12.2. The van der Waals surface area contributed by atoms with Crippen LogP contribution in [0.3, 0.4) is 0 Å². The van der Waals surface area contributed by atoms with Crippen LogP contribution in [0.25, 0.3) is 0 Å². The van der Waals surface area contributed by atoms with Crippen LogP contribution in [0.2, 0.25) is 0 Å². The number of nitrogens with zero attached hydrogens (tertiary/aromatic N) is 2. The zero-order chi connectivity index (χ0) is 15.7. The molecule has 0 unspecified atom stereocenters. The number of aromatic amines is 1. The Balaban J connectivity index is 1.82. The first-order valence-corrected chi connectivity index (χ1v) is 7.35. The largest absolute Gasteiger partial charge is 0.489 e. The summed E-state index contributed by atoms with van der Waals surface area (Å²) in [5.74, 6) is 1.15. The molecule has 0 atom stereocenters. The molecular weight excluding hydrogens is 282 g/mol. The molecule has 0 fully saturated rings. The molecule has 2 heterocycles. The van der Waals surface area contributed by atoms with Gasteiger partial charge < -0.3 is 9.47 Å². The molecule has 0 amide bonds. The molecule has 1 N–H and O–H groups in total. The summed E-state index contributed by atoms with van der Waals surface area (Å²) in [4.78, 5) is 16.4. The summed E-state index contributed by atoms with van der Waals surface area (Å²) in [7, 11) is 0. The van der Waals surface area contributed by atoms with Gasteiger partial charge >= 0.3 is 5.97 Å². The van der Waals surface area contributed by atoms with Crippen molar-refractivity contribution < 1.29 is 14.3 Å². The van der Waals surface area contributed by atoms with Crippen LogP contribution in [0.15, 0.2) is 18.2 Å². The van der Waals surface area contributed by atoms with Gasteiger partial charge in [-0.2, -0.15) is 0 Å². The van der Waals surface area contributed by atoms with E-state index in [1.165, 1.54) is 0 Å². The molecule has 22 heavy (non-hydrogen) atoms. The average molecular weight is 301 g/mol. The molecule has 3 rings (SSSR count). The van der Waals surface area contributed by atoms with E-state index in [0.717, 1.165) is 18.4 Å². The summed E-state index contributed by atoms with van der Waals surface area (Å²) in [6.07, 6.45) is 1.90. The third-order valence-electron chi connectivity index (χ3n) is 3.48. The Labute approximate surface area is 128 Å². The summed E-state index contributed by atoms with van der Waals surface area (Å²) < 4.78 is 11.0. The van der Waals surface area contributed by atoms with Crippen molar-refractivity contribution in [3.8, 4) is 11.5 Å². The van der Waals surface area contributed by atoms with E-state index < -0.39 is 5.97 Å². The molecule has 0 saturated carbocycles. The van der Waals surface area contributed by atoms with E-state index in [-0.39, 0.29) is 11.2 Å². The predicted octanol–water partition coefficient (Wildman–Crippen LogP) is 2.65. The van der Waals surface area contributed by atoms with Crippen LogP contribution in [-0.2, 0) is 11.8 Å². The predicted molar refractivity (Wildman–Crippen MR) is 80.3 cm³/mol. The quantitative estimate of drug-likeness (QED) is 0.681. The number of H-pyrrole nitrogens is 1. The van der Waals surface area contributed by atoms with E-state index in [2.05, 4.69) is 15.2 Å². The Morgan fingerprint density at radius 1 is 1.36 bits per heavy atom. The van der Waals surface area contributed by atoms with E-state index in [1.54, 1.807) is 6.07 Å². The minimum Gasteiger partial charge on any atom is -0.489 e. The number of aromatic nitrogens is 3. The van der Waals surface area contributed by atoms with Crippen LogP contribution in [0, 0.1) is 0 Å². The summed E-state index contributed by atoms with van der Waals surface area (Å²) in [5.41, 5.74) is 0.850. The molecule has 1 aromatic heterocycles. The molecule has 0 radical (unpaired) electrons. The SMILES string of the molecule is CC(C)(C)c1nc(C(=O)Oc2cccc3c2OCCC3)n[nH]1. The van der Waals surface area contributed by atoms with E-state index in [9.17, 15) is 4.79 Å². The Morgan fingerprint density at radius 3 is 2.91 bits per heavy atom. The van der Waals surface area contributed by atoms with Gasteiger partial charge in [-0.05, 0) is 24.5 Å². The third kappa shape index (κ3) is 2.81. The second-order valence-electron chi connectivity index (χ2n) is 6.34. The van der Waals surface area contributed by atoms with Gasteiger partial charge in [-0.3, -0.25) is 5.10 Å². The topological polar surface area (TPSA) is 77.1 Å². The lowest BCUT2D eigenvalue weighted by molar-refractivity contribution is 0.0714. The smallest absolute Gasteiger partial charge is 0.383 e. The number of aryl methyl sites for hydroxylation is 1. The highest BCUT2D eigenvalue weighted by Gasteiger charge is 2.24. The fourth-order valence-electron chi connectivity index (χ4n) is 2.27. The standard InChI is InChI=1S/C16H19N3O3/c1-16(2,3)15-17-13(18-19-15)14(20)22-11-8-4-6-10-7-5-9-21-12(10)11/h4,6,8H,5,7,9H2,1-3H3,(H,17,18,19). The first kappa shape index (κ1) is 14.6. The van der Waals surface area contributed by atoms with E-state index >= 15 is 0 Å². The number of ether oxygens (including phenoxy) is 2. The third-order valence-corrected chi connectivity index (χ3v) is 3.48. The van der Waals surface area contributed by atoms with Gasteiger partial charge in [0.15, 0.2) is 11.5 Å². The van der Waals surface area contributed by atoms with Crippen LogP contribution in [-0.4, -0.2) is 27.8 Å². The number of para-hydroxylation sites is 1. The van der Waals surface area contributed by atoms with Crippen molar-refractivity contribution in [3.63, 3.8) is 0 Å². The second kappa shape index (κ2) is 5.44. The molecule has 0 spiro atoms.